The summed E-state index contributed by atoms with van der Waals surface area (Å²) in [6.45, 7) is -1.56. The van der Waals surface area contributed by atoms with Gasteiger partial charge in [-0.3, -0.25) is 24.1 Å². The molecule has 110 valence electrons. The Bertz CT molecular complexity index is 463. The van der Waals surface area contributed by atoms with Crippen LogP contribution in [0.5, 0.6) is 0 Å². The molecule has 3 N–H and O–H groups in total. The Kier molecular flexibility index (Phi) is 5.01. The largest absolute Gasteiger partial charge is 0.480 e. The van der Waals surface area contributed by atoms with Crippen LogP contribution in [0.3, 0.4) is 0 Å². The standard InChI is InChI=1S/C10H14N4O6/c1-13-5-8(17)14(10(13)20)4-7(16)11-2-6(15)12-3-9(18)19/h2-5H2,1H3,(H,11,16)(H,12,15)(H,18,19). The first kappa shape index (κ1) is 15.4. The van der Waals surface area contributed by atoms with Crippen molar-refractivity contribution in [2.75, 3.05) is 33.2 Å². The number of aliphatic carboxylic acids is 1. The van der Waals surface area contributed by atoms with Crippen LogP contribution >= 0.6 is 0 Å². The maximum atomic E-state index is 11.5. The highest BCUT2D eigenvalue weighted by Gasteiger charge is 2.34. The molecule has 1 aliphatic rings. The normalized spacial score (nSPS) is 14.4. The third kappa shape index (κ3) is 4.23. The lowest BCUT2D eigenvalue weighted by Gasteiger charge is -2.13. The van der Waals surface area contributed by atoms with Crippen molar-refractivity contribution >= 4 is 29.7 Å². The molecule has 0 spiro atoms. The summed E-state index contributed by atoms with van der Waals surface area (Å²) in [5.74, 6) is -3.08. The summed E-state index contributed by atoms with van der Waals surface area (Å²) in [6.07, 6.45) is 0. The molecule has 10 nitrogen and oxygen atoms in total. The van der Waals surface area contributed by atoms with Crippen LogP contribution in [0.1, 0.15) is 0 Å². The van der Waals surface area contributed by atoms with E-state index in [1.165, 1.54) is 7.05 Å². The molecule has 0 aliphatic carbocycles. The second kappa shape index (κ2) is 6.50. The van der Waals surface area contributed by atoms with E-state index >= 15 is 0 Å². The SMILES string of the molecule is CN1CC(=O)N(CC(=O)NCC(=O)NCC(=O)O)C1=O. The summed E-state index contributed by atoms with van der Waals surface area (Å²) in [4.78, 5) is 57.6. The van der Waals surface area contributed by atoms with Crippen LogP contribution in [0.4, 0.5) is 4.79 Å². The summed E-state index contributed by atoms with van der Waals surface area (Å²) in [5.41, 5.74) is 0. The maximum absolute atomic E-state index is 11.5. The minimum atomic E-state index is -1.21. The molecule has 20 heavy (non-hydrogen) atoms. The molecule has 0 atom stereocenters. The molecule has 0 aromatic rings. The Morgan fingerprint density at radius 1 is 1.15 bits per heavy atom. The summed E-state index contributed by atoms with van der Waals surface area (Å²) in [5, 5.41) is 12.6. The van der Waals surface area contributed by atoms with Gasteiger partial charge in [0.25, 0.3) is 5.91 Å². The van der Waals surface area contributed by atoms with E-state index in [9.17, 15) is 24.0 Å². The lowest BCUT2D eigenvalue weighted by Crippen LogP contribution is -2.44. The molecule has 1 fully saturated rings. The number of carbonyl (C=O) groups excluding carboxylic acids is 4. The highest BCUT2D eigenvalue weighted by Crippen LogP contribution is 2.06. The zero-order chi connectivity index (χ0) is 15.3. The van der Waals surface area contributed by atoms with Crippen molar-refractivity contribution in [3.05, 3.63) is 0 Å². The first-order chi connectivity index (χ1) is 9.31. The van der Waals surface area contributed by atoms with E-state index in [0.29, 0.717) is 0 Å². The monoisotopic (exact) mass is 286 g/mol. The summed E-state index contributed by atoms with van der Waals surface area (Å²) in [6, 6.07) is -0.583. The van der Waals surface area contributed by atoms with E-state index in [2.05, 4.69) is 5.32 Å². The molecular formula is C10H14N4O6. The van der Waals surface area contributed by atoms with Crippen molar-refractivity contribution in [3.63, 3.8) is 0 Å². The second-order valence-electron chi connectivity index (χ2n) is 4.07. The van der Waals surface area contributed by atoms with Crippen LogP contribution in [-0.2, 0) is 19.2 Å². The quantitative estimate of drug-likeness (QED) is 0.451. The Labute approximate surface area is 113 Å². The smallest absolute Gasteiger partial charge is 0.327 e. The van der Waals surface area contributed by atoms with Crippen molar-refractivity contribution in [1.29, 1.82) is 0 Å². The predicted molar refractivity (Wildman–Crippen MR) is 63.4 cm³/mol. The van der Waals surface area contributed by atoms with Gasteiger partial charge in [-0.2, -0.15) is 0 Å². The van der Waals surface area contributed by atoms with Gasteiger partial charge in [0.1, 0.15) is 19.6 Å². The van der Waals surface area contributed by atoms with Gasteiger partial charge in [0.05, 0.1) is 6.54 Å². The Morgan fingerprint density at radius 3 is 2.25 bits per heavy atom. The molecule has 0 unspecified atom stereocenters. The Morgan fingerprint density at radius 2 is 1.75 bits per heavy atom. The van der Waals surface area contributed by atoms with Gasteiger partial charge in [-0.15, -0.1) is 0 Å². The minimum Gasteiger partial charge on any atom is -0.480 e. The zero-order valence-corrected chi connectivity index (χ0v) is 10.7. The van der Waals surface area contributed by atoms with Gasteiger partial charge < -0.3 is 20.6 Å². The third-order valence-electron chi connectivity index (χ3n) is 2.42. The third-order valence-corrected chi connectivity index (χ3v) is 2.42. The molecule has 0 bridgehead atoms. The van der Waals surface area contributed by atoms with Crippen LogP contribution < -0.4 is 10.6 Å². The van der Waals surface area contributed by atoms with Crippen LogP contribution in [0.2, 0.25) is 0 Å². The minimum absolute atomic E-state index is 0.0921. The summed E-state index contributed by atoms with van der Waals surface area (Å²) >= 11 is 0. The molecule has 5 amide bonds. The maximum Gasteiger partial charge on any atom is 0.327 e. The number of amides is 5. The number of nitrogens with zero attached hydrogens (tertiary/aromatic N) is 2. The fourth-order valence-electron chi connectivity index (χ4n) is 1.44. The number of imide groups is 1. The highest BCUT2D eigenvalue weighted by molar-refractivity contribution is 6.04. The van der Waals surface area contributed by atoms with E-state index in [4.69, 9.17) is 5.11 Å². The van der Waals surface area contributed by atoms with Gasteiger partial charge in [0.2, 0.25) is 11.8 Å². The number of carbonyl (C=O) groups is 5. The van der Waals surface area contributed by atoms with Crippen molar-refractivity contribution in [2.24, 2.45) is 0 Å². The van der Waals surface area contributed by atoms with Gasteiger partial charge in [-0.05, 0) is 0 Å². The topological polar surface area (TPSA) is 136 Å². The van der Waals surface area contributed by atoms with Gasteiger partial charge in [0, 0.05) is 7.05 Å². The van der Waals surface area contributed by atoms with Gasteiger partial charge in [0.15, 0.2) is 0 Å². The van der Waals surface area contributed by atoms with Crippen LogP contribution in [0, 0.1) is 0 Å². The van der Waals surface area contributed by atoms with Crippen molar-refractivity contribution in [2.45, 2.75) is 0 Å². The molecule has 0 aromatic carbocycles. The average Bonchev–Trinajstić information content (AvgIpc) is 2.60. The first-order valence-corrected chi connectivity index (χ1v) is 5.62. The van der Waals surface area contributed by atoms with E-state index in [-0.39, 0.29) is 6.54 Å². The number of urea groups is 1. The predicted octanol–water partition coefficient (Wildman–Crippen LogP) is -2.80. The zero-order valence-electron chi connectivity index (χ0n) is 10.7. The number of rotatable bonds is 6. The molecular weight excluding hydrogens is 272 g/mol. The Hall–Kier alpha value is -2.65. The second-order valence-corrected chi connectivity index (χ2v) is 4.07. The molecule has 10 heteroatoms. The van der Waals surface area contributed by atoms with E-state index in [1.807, 2.05) is 5.32 Å². The molecule has 1 saturated heterocycles. The molecule has 0 saturated carbocycles. The lowest BCUT2D eigenvalue weighted by molar-refractivity contribution is -0.138. The molecule has 1 heterocycles. The fraction of sp³-hybridized carbons (Fsp3) is 0.500. The lowest BCUT2D eigenvalue weighted by atomic mass is 10.4. The summed E-state index contributed by atoms with van der Waals surface area (Å²) < 4.78 is 0. The molecule has 1 aliphatic heterocycles. The fourth-order valence-corrected chi connectivity index (χ4v) is 1.44. The van der Waals surface area contributed by atoms with Gasteiger partial charge >= 0.3 is 12.0 Å². The van der Waals surface area contributed by atoms with Crippen molar-refractivity contribution in [3.8, 4) is 0 Å². The Balaban J connectivity index is 2.34. The summed E-state index contributed by atoms with van der Waals surface area (Å²) in [7, 11) is 1.43. The number of hydrogen-bond donors (Lipinski definition) is 3. The van der Waals surface area contributed by atoms with Crippen LogP contribution in [-0.4, -0.2) is 77.9 Å². The van der Waals surface area contributed by atoms with Gasteiger partial charge in [-0.1, -0.05) is 0 Å². The van der Waals surface area contributed by atoms with Crippen LogP contribution in [0.15, 0.2) is 0 Å². The number of carboxylic acids is 1. The average molecular weight is 286 g/mol. The van der Waals surface area contributed by atoms with Crippen molar-refractivity contribution in [1.82, 2.24) is 20.4 Å². The van der Waals surface area contributed by atoms with E-state index in [1.54, 1.807) is 0 Å². The van der Waals surface area contributed by atoms with E-state index in [0.717, 1.165) is 9.80 Å². The van der Waals surface area contributed by atoms with Gasteiger partial charge in [-0.25, -0.2) is 4.79 Å². The van der Waals surface area contributed by atoms with E-state index < -0.39 is 49.4 Å². The van der Waals surface area contributed by atoms with Crippen molar-refractivity contribution < 1.29 is 29.1 Å². The number of nitrogens with one attached hydrogen (secondary N) is 2. The molecule has 0 radical (unpaired) electrons. The first-order valence-electron chi connectivity index (χ1n) is 5.62. The highest BCUT2D eigenvalue weighted by atomic mass is 16.4. The number of hydrogen-bond acceptors (Lipinski definition) is 5. The molecule has 0 aromatic heterocycles. The van der Waals surface area contributed by atoms with Crippen LogP contribution in [0.25, 0.3) is 0 Å². The molecule has 1 rings (SSSR count). The number of likely N-dealkylation sites (N-methyl/N-ethyl adjacent to an activating group) is 1. The number of carboxylic acid groups (broad SMARTS) is 1.